The summed E-state index contributed by atoms with van der Waals surface area (Å²) in [6.07, 6.45) is 1.61. The van der Waals surface area contributed by atoms with Crippen molar-refractivity contribution in [2.45, 2.75) is 6.61 Å². The average molecular weight is 274 g/mol. The van der Waals surface area contributed by atoms with Gasteiger partial charge in [-0.05, 0) is 29.8 Å². The van der Waals surface area contributed by atoms with Gasteiger partial charge in [0, 0.05) is 0 Å². The first-order chi connectivity index (χ1) is 9.19. The molecule has 0 amide bonds. The van der Waals surface area contributed by atoms with Crippen LogP contribution in [0.15, 0.2) is 42.6 Å². The number of nitrogens with two attached hydrogens (primary N) is 1. The van der Waals surface area contributed by atoms with Gasteiger partial charge in [0.1, 0.15) is 23.1 Å². The van der Waals surface area contributed by atoms with E-state index in [0.29, 0.717) is 18.1 Å². The van der Waals surface area contributed by atoms with Crippen LogP contribution in [0.5, 0.6) is 11.5 Å². The summed E-state index contributed by atoms with van der Waals surface area (Å²) in [5.41, 5.74) is 7.12. The van der Waals surface area contributed by atoms with E-state index in [9.17, 15) is 0 Å². The minimum Gasteiger partial charge on any atom is -0.497 e. The van der Waals surface area contributed by atoms with Crippen molar-refractivity contribution in [1.82, 2.24) is 4.98 Å². The minimum absolute atomic E-state index is 0.279. The first kappa shape index (κ1) is 13.3. The van der Waals surface area contributed by atoms with Crippen molar-refractivity contribution in [3.63, 3.8) is 0 Å². The first-order valence-electron chi connectivity index (χ1n) is 5.70. The van der Waals surface area contributed by atoms with E-state index in [1.165, 1.54) is 0 Å². The van der Waals surface area contributed by atoms with Crippen LogP contribution in [0.4, 0.5) is 0 Å². The van der Waals surface area contributed by atoms with Crippen LogP contribution >= 0.6 is 12.2 Å². The summed E-state index contributed by atoms with van der Waals surface area (Å²) in [5.74, 6) is 1.50. The van der Waals surface area contributed by atoms with Crippen LogP contribution in [0.1, 0.15) is 11.3 Å². The van der Waals surface area contributed by atoms with Gasteiger partial charge in [0.25, 0.3) is 0 Å². The van der Waals surface area contributed by atoms with Gasteiger partial charge < -0.3 is 15.2 Å². The van der Waals surface area contributed by atoms with Crippen LogP contribution < -0.4 is 15.2 Å². The van der Waals surface area contributed by atoms with Gasteiger partial charge in [0.05, 0.1) is 19.0 Å². The third kappa shape index (κ3) is 3.66. The molecule has 4 nitrogen and oxygen atoms in total. The molecule has 0 saturated carbocycles. The molecule has 5 heteroatoms. The van der Waals surface area contributed by atoms with Crippen LogP contribution in [0.3, 0.4) is 0 Å². The Balaban J connectivity index is 1.95. The molecule has 2 aromatic rings. The van der Waals surface area contributed by atoms with E-state index in [-0.39, 0.29) is 4.99 Å². The molecular formula is C14H14N2O2S. The summed E-state index contributed by atoms with van der Waals surface area (Å²) < 4.78 is 10.7. The maximum atomic E-state index is 5.61. The topological polar surface area (TPSA) is 57.4 Å². The molecule has 2 rings (SSSR count). The quantitative estimate of drug-likeness (QED) is 0.848. The fourth-order valence-electron chi connectivity index (χ4n) is 1.50. The van der Waals surface area contributed by atoms with Crippen molar-refractivity contribution in [2.75, 3.05) is 7.11 Å². The molecule has 0 fully saturated rings. The number of nitrogens with zero attached hydrogens (tertiary/aromatic N) is 1. The highest BCUT2D eigenvalue weighted by molar-refractivity contribution is 7.80. The van der Waals surface area contributed by atoms with Crippen molar-refractivity contribution >= 4 is 17.2 Å². The van der Waals surface area contributed by atoms with E-state index in [0.717, 1.165) is 11.3 Å². The zero-order valence-electron chi connectivity index (χ0n) is 10.5. The normalized spacial score (nSPS) is 9.95. The summed E-state index contributed by atoms with van der Waals surface area (Å²) in [6.45, 7) is 0.470. The van der Waals surface area contributed by atoms with E-state index >= 15 is 0 Å². The number of methoxy groups -OCH3 is 1. The maximum absolute atomic E-state index is 5.61. The number of hydrogen-bond acceptors (Lipinski definition) is 4. The van der Waals surface area contributed by atoms with E-state index in [1.54, 1.807) is 25.4 Å². The highest BCUT2D eigenvalue weighted by Gasteiger charge is 2.00. The Morgan fingerprint density at radius 1 is 1.16 bits per heavy atom. The Labute approximate surface area is 117 Å². The first-order valence-corrected chi connectivity index (χ1v) is 6.11. The minimum atomic E-state index is 0.279. The van der Waals surface area contributed by atoms with E-state index in [1.807, 2.05) is 24.3 Å². The zero-order valence-corrected chi connectivity index (χ0v) is 11.3. The number of ether oxygens (including phenoxy) is 2. The van der Waals surface area contributed by atoms with Gasteiger partial charge in [-0.2, -0.15) is 0 Å². The fourth-order valence-corrected chi connectivity index (χ4v) is 1.62. The van der Waals surface area contributed by atoms with Crippen molar-refractivity contribution in [3.05, 3.63) is 53.9 Å². The fraction of sp³-hybridized carbons (Fsp3) is 0.143. The van der Waals surface area contributed by atoms with Gasteiger partial charge in [-0.15, -0.1) is 0 Å². The largest absolute Gasteiger partial charge is 0.497 e. The summed E-state index contributed by atoms with van der Waals surface area (Å²) in [5, 5.41) is 0. The van der Waals surface area contributed by atoms with Crippen molar-refractivity contribution in [2.24, 2.45) is 5.73 Å². The predicted octanol–water partition coefficient (Wildman–Crippen LogP) is 2.30. The third-order valence-electron chi connectivity index (χ3n) is 2.55. The van der Waals surface area contributed by atoms with Crippen molar-refractivity contribution in [3.8, 4) is 11.5 Å². The monoisotopic (exact) mass is 274 g/mol. The lowest BCUT2D eigenvalue weighted by molar-refractivity contribution is 0.304. The molecule has 1 aromatic heterocycles. The molecule has 1 aromatic carbocycles. The molecule has 0 aliphatic carbocycles. The molecule has 1 heterocycles. The van der Waals surface area contributed by atoms with Crippen LogP contribution in [-0.4, -0.2) is 17.1 Å². The van der Waals surface area contributed by atoms with Crippen LogP contribution in [-0.2, 0) is 6.61 Å². The van der Waals surface area contributed by atoms with Crippen LogP contribution in [0, 0.1) is 0 Å². The third-order valence-corrected chi connectivity index (χ3v) is 2.76. The summed E-state index contributed by atoms with van der Waals surface area (Å²) in [4.78, 5) is 4.39. The number of rotatable bonds is 5. The standard InChI is InChI=1S/C14H14N2O2S/c1-17-11-4-2-10(3-5-11)9-18-12-6-7-13(14(15)19)16-8-12/h2-8H,9H2,1H3,(H2,15,19). The van der Waals surface area contributed by atoms with Gasteiger partial charge >= 0.3 is 0 Å². The highest BCUT2D eigenvalue weighted by Crippen LogP contribution is 2.15. The summed E-state index contributed by atoms with van der Waals surface area (Å²) in [7, 11) is 1.64. The van der Waals surface area contributed by atoms with Gasteiger partial charge in [0.15, 0.2) is 0 Å². The molecular weight excluding hydrogens is 260 g/mol. The predicted molar refractivity (Wildman–Crippen MR) is 77.5 cm³/mol. The van der Waals surface area contributed by atoms with E-state index in [2.05, 4.69) is 4.98 Å². The second kappa shape index (κ2) is 6.15. The molecule has 0 bridgehead atoms. The van der Waals surface area contributed by atoms with Crippen molar-refractivity contribution < 1.29 is 9.47 Å². The Morgan fingerprint density at radius 3 is 2.37 bits per heavy atom. The number of hydrogen-bond donors (Lipinski definition) is 1. The summed E-state index contributed by atoms with van der Waals surface area (Å²) >= 11 is 4.83. The lowest BCUT2D eigenvalue weighted by Gasteiger charge is -2.07. The van der Waals surface area contributed by atoms with Gasteiger partial charge in [0.2, 0.25) is 0 Å². The molecule has 19 heavy (non-hydrogen) atoms. The second-order valence-corrected chi connectivity index (χ2v) is 4.32. The Morgan fingerprint density at radius 2 is 1.84 bits per heavy atom. The number of benzene rings is 1. The Bertz CT molecular complexity index is 553. The average Bonchev–Trinajstić information content (AvgIpc) is 2.46. The maximum Gasteiger partial charge on any atom is 0.138 e. The molecule has 2 N–H and O–H groups in total. The van der Waals surface area contributed by atoms with Crippen LogP contribution in [0.25, 0.3) is 0 Å². The van der Waals surface area contributed by atoms with E-state index < -0.39 is 0 Å². The van der Waals surface area contributed by atoms with Gasteiger partial charge in [-0.25, -0.2) is 4.98 Å². The highest BCUT2D eigenvalue weighted by atomic mass is 32.1. The molecule has 0 aliphatic heterocycles. The number of aromatic nitrogens is 1. The second-order valence-electron chi connectivity index (χ2n) is 3.88. The smallest absolute Gasteiger partial charge is 0.138 e. The van der Waals surface area contributed by atoms with Gasteiger partial charge in [-0.3, -0.25) is 0 Å². The Kier molecular flexibility index (Phi) is 4.30. The van der Waals surface area contributed by atoms with Crippen LogP contribution in [0.2, 0.25) is 0 Å². The zero-order chi connectivity index (χ0) is 13.7. The van der Waals surface area contributed by atoms with E-state index in [4.69, 9.17) is 27.4 Å². The molecule has 0 radical (unpaired) electrons. The molecule has 0 aliphatic rings. The molecule has 0 saturated heterocycles. The lowest BCUT2D eigenvalue weighted by atomic mass is 10.2. The SMILES string of the molecule is COc1ccc(COc2ccc(C(N)=S)nc2)cc1. The molecule has 0 atom stereocenters. The Hall–Kier alpha value is -2.14. The molecule has 98 valence electrons. The lowest BCUT2D eigenvalue weighted by Crippen LogP contribution is -2.11. The molecule has 0 spiro atoms. The number of thiocarbonyl (C=S) groups is 1. The molecule has 0 unspecified atom stereocenters. The van der Waals surface area contributed by atoms with Gasteiger partial charge in [-0.1, -0.05) is 24.4 Å². The van der Waals surface area contributed by atoms with Crippen molar-refractivity contribution in [1.29, 1.82) is 0 Å². The summed E-state index contributed by atoms with van der Waals surface area (Å²) in [6, 6.07) is 11.2. The number of pyridine rings is 1.